The summed E-state index contributed by atoms with van der Waals surface area (Å²) in [4.78, 5) is 10.7. The molecule has 0 aliphatic heterocycles. The Balaban J connectivity index is 3.05. The van der Waals surface area contributed by atoms with E-state index >= 15 is 0 Å². The molecular formula is C13H18FNO2. The molecule has 0 saturated heterocycles. The van der Waals surface area contributed by atoms with Gasteiger partial charge in [-0.2, -0.15) is 0 Å². The average Bonchev–Trinajstić information content (AvgIpc) is 2.31. The zero-order valence-corrected chi connectivity index (χ0v) is 10.1. The largest absolute Gasteiger partial charge is 0.480 e. The fraction of sp³-hybridized carbons (Fsp3) is 0.462. The second kappa shape index (κ2) is 5.77. The highest BCUT2D eigenvalue weighted by molar-refractivity contribution is 5.75. The molecule has 1 atom stereocenters. The number of nitrogens with two attached hydrogens (primary N) is 1. The average molecular weight is 239 g/mol. The van der Waals surface area contributed by atoms with Crippen LogP contribution in [-0.2, 0) is 4.79 Å². The Labute approximate surface area is 100 Å². The lowest BCUT2D eigenvalue weighted by molar-refractivity contribution is -0.138. The first kappa shape index (κ1) is 13.6. The molecule has 0 amide bonds. The van der Waals surface area contributed by atoms with Gasteiger partial charge in [0, 0.05) is 0 Å². The number of hydrogen-bond donors (Lipinski definition) is 2. The maximum atomic E-state index is 13.8. The van der Waals surface area contributed by atoms with E-state index in [1.54, 1.807) is 12.1 Å². The zero-order chi connectivity index (χ0) is 13.0. The third kappa shape index (κ3) is 3.03. The molecule has 0 heterocycles. The van der Waals surface area contributed by atoms with Gasteiger partial charge in [0.25, 0.3) is 0 Å². The van der Waals surface area contributed by atoms with Crippen LogP contribution < -0.4 is 5.73 Å². The van der Waals surface area contributed by atoms with Gasteiger partial charge in [0.2, 0.25) is 0 Å². The maximum absolute atomic E-state index is 13.8. The number of hydrogen-bond acceptors (Lipinski definition) is 2. The van der Waals surface area contributed by atoms with Crippen LogP contribution in [0, 0.1) is 5.82 Å². The summed E-state index contributed by atoms with van der Waals surface area (Å²) in [6.07, 6.45) is 1.72. The Morgan fingerprint density at radius 1 is 1.41 bits per heavy atom. The third-order valence-corrected chi connectivity index (χ3v) is 3.08. The molecule has 0 saturated carbocycles. The second-order valence-corrected chi connectivity index (χ2v) is 4.11. The van der Waals surface area contributed by atoms with Crippen LogP contribution in [-0.4, -0.2) is 11.1 Å². The van der Waals surface area contributed by atoms with E-state index in [0.717, 1.165) is 12.8 Å². The molecule has 17 heavy (non-hydrogen) atoms. The molecule has 94 valence electrons. The van der Waals surface area contributed by atoms with Crippen molar-refractivity contribution in [1.29, 1.82) is 0 Å². The van der Waals surface area contributed by atoms with Crippen LogP contribution in [0.4, 0.5) is 4.39 Å². The summed E-state index contributed by atoms with van der Waals surface area (Å²) in [7, 11) is 0. The van der Waals surface area contributed by atoms with Crippen molar-refractivity contribution in [3.8, 4) is 0 Å². The van der Waals surface area contributed by atoms with E-state index in [9.17, 15) is 9.18 Å². The lowest BCUT2D eigenvalue weighted by Crippen LogP contribution is -2.21. The lowest BCUT2D eigenvalue weighted by atomic mass is 9.92. The quantitative estimate of drug-likeness (QED) is 0.830. The van der Waals surface area contributed by atoms with Crippen LogP contribution in [0.15, 0.2) is 18.2 Å². The van der Waals surface area contributed by atoms with Gasteiger partial charge in [-0.1, -0.05) is 26.0 Å². The van der Waals surface area contributed by atoms with Gasteiger partial charge in [-0.3, -0.25) is 4.79 Å². The summed E-state index contributed by atoms with van der Waals surface area (Å²) in [5, 5.41) is 8.75. The van der Waals surface area contributed by atoms with Crippen molar-refractivity contribution in [2.45, 2.75) is 38.6 Å². The number of carbonyl (C=O) groups is 1. The van der Waals surface area contributed by atoms with E-state index in [2.05, 4.69) is 0 Å². The minimum Gasteiger partial charge on any atom is -0.480 e. The summed E-state index contributed by atoms with van der Waals surface area (Å²) in [5.74, 6) is -1.35. The molecular weight excluding hydrogens is 221 g/mol. The maximum Gasteiger partial charge on any atom is 0.325 e. The van der Waals surface area contributed by atoms with Crippen LogP contribution in [0.1, 0.15) is 49.8 Å². The summed E-state index contributed by atoms with van der Waals surface area (Å²) in [5.41, 5.74) is 6.36. The van der Waals surface area contributed by atoms with Crippen molar-refractivity contribution in [3.05, 3.63) is 35.1 Å². The minimum atomic E-state index is -1.17. The lowest BCUT2D eigenvalue weighted by Gasteiger charge is -2.15. The number of halogens is 1. The highest BCUT2D eigenvalue weighted by Crippen LogP contribution is 2.27. The predicted molar refractivity (Wildman–Crippen MR) is 64.3 cm³/mol. The Bertz CT molecular complexity index is 402. The van der Waals surface area contributed by atoms with Crippen molar-refractivity contribution in [3.63, 3.8) is 0 Å². The highest BCUT2D eigenvalue weighted by atomic mass is 19.1. The fourth-order valence-corrected chi connectivity index (χ4v) is 1.94. The topological polar surface area (TPSA) is 63.3 Å². The summed E-state index contributed by atoms with van der Waals surface area (Å²) >= 11 is 0. The normalized spacial score (nSPS) is 12.8. The SMILES string of the molecule is CCC(CC)c1ccc(C(N)C(=O)O)cc1F. The Morgan fingerprint density at radius 3 is 2.41 bits per heavy atom. The molecule has 1 unspecified atom stereocenters. The zero-order valence-electron chi connectivity index (χ0n) is 10.1. The molecule has 0 aliphatic carbocycles. The molecule has 0 spiro atoms. The molecule has 1 aromatic rings. The number of carboxylic acids is 1. The molecule has 0 bridgehead atoms. The van der Waals surface area contributed by atoms with Crippen LogP contribution in [0.2, 0.25) is 0 Å². The molecule has 0 aliphatic rings. The van der Waals surface area contributed by atoms with Crippen molar-refractivity contribution < 1.29 is 14.3 Å². The first-order chi connectivity index (χ1) is 8.01. The van der Waals surface area contributed by atoms with E-state index < -0.39 is 12.0 Å². The Morgan fingerprint density at radius 2 is 2.00 bits per heavy atom. The molecule has 3 nitrogen and oxygen atoms in total. The van der Waals surface area contributed by atoms with E-state index in [0.29, 0.717) is 11.1 Å². The van der Waals surface area contributed by atoms with Crippen molar-refractivity contribution in [1.82, 2.24) is 0 Å². The summed E-state index contributed by atoms with van der Waals surface area (Å²) < 4.78 is 13.8. The van der Waals surface area contributed by atoms with E-state index in [1.165, 1.54) is 6.07 Å². The molecule has 0 fully saturated rings. The number of rotatable bonds is 5. The molecule has 4 heteroatoms. The predicted octanol–water partition coefficient (Wildman–Crippen LogP) is 2.81. The first-order valence-corrected chi connectivity index (χ1v) is 5.78. The number of carboxylic acid groups (broad SMARTS) is 1. The molecule has 1 rings (SSSR count). The van der Waals surface area contributed by atoms with E-state index in [4.69, 9.17) is 10.8 Å². The fourth-order valence-electron chi connectivity index (χ4n) is 1.94. The van der Waals surface area contributed by atoms with Gasteiger partial charge in [-0.15, -0.1) is 0 Å². The van der Waals surface area contributed by atoms with Gasteiger partial charge in [0.15, 0.2) is 0 Å². The van der Waals surface area contributed by atoms with Gasteiger partial charge >= 0.3 is 5.97 Å². The first-order valence-electron chi connectivity index (χ1n) is 5.78. The molecule has 0 radical (unpaired) electrons. The Kier molecular flexibility index (Phi) is 4.63. The van der Waals surface area contributed by atoms with Gasteiger partial charge in [-0.25, -0.2) is 4.39 Å². The monoisotopic (exact) mass is 239 g/mol. The standard InChI is InChI=1S/C13H18FNO2/c1-3-8(4-2)10-6-5-9(7-11(10)14)12(15)13(16)17/h5-8,12H,3-4,15H2,1-2H3,(H,16,17). The third-order valence-electron chi connectivity index (χ3n) is 3.08. The van der Waals surface area contributed by atoms with Crippen molar-refractivity contribution in [2.75, 3.05) is 0 Å². The van der Waals surface area contributed by atoms with Crippen molar-refractivity contribution in [2.24, 2.45) is 5.73 Å². The number of benzene rings is 1. The van der Waals surface area contributed by atoms with Gasteiger partial charge < -0.3 is 10.8 Å². The molecule has 3 N–H and O–H groups in total. The minimum absolute atomic E-state index is 0.171. The van der Waals surface area contributed by atoms with Crippen LogP contribution in [0.3, 0.4) is 0 Å². The Hall–Kier alpha value is -1.42. The van der Waals surface area contributed by atoms with E-state index in [1.807, 2.05) is 13.8 Å². The molecule has 1 aromatic carbocycles. The highest BCUT2D eigenvalue weighted by Gasteiger charge is 2.18. The second-order valence-electron chi connectivity index (χ2n) is 4.11. The van der Waals surface area contributed by atoms with E-state index in [-0.39, 0.29) is 11.7 Å². The summed E-state index contributed by atoms with van der Waals surface area (Å²) in [6, 6.07) is 3.30. The van der Waals surface area contributed by atoms with Gasteiger partial charge in [-0.05, 0) is 36.0 Å². The van der Waals surface area contributed by atoms with Crippen LogP contribution in [0.25, 0.3) is 0 Å². The smallest absolute Gasteiger partial charge is 0.325 e. The van der Waals surface area contributed by atoms with Crippen LogP contribution >= 0.6 is 0 Å². The van der Waals surface area contributed by atoms with Crippen LogP contribution in [0.5, 0.6) is 0 Å². The molecule has 0 aromatic heterocycles. The van der Waals surface area contributed by atoms with Gasteiger partial charge in [0.05, 0.1) is 0 Å². The summed E-state index contributed by atoms with van der Waals surface area (Å²) in [6.45, 7) is 4.01. The van der Waals surface area contributed by atoms with Gasteiger partial charge in [0.1, 0.15) is 11.9 Å². The number of aliphatic carboxylic acids is 1. The van der Waals surface area contributed by atoms with Crippen molar-refractivity contribution >= 4 is 5.97 Å².